The fourth-order valence-corrected chi connectivity index (χ4v) is 5.53. The number of methoxy groups -OCH3 is 1. The highest BCUT2D eigenvalue weighted by Gasteiger charge is 2.29. The summed E-state index contributed by atoms with van der Waals surface area (Å²) in [6.07, 6.45) is 3.26. The van der Waals surface area contributed by atoms with Gasteiger partial charge < -0.3 is 25.2 Å². The molecule has 226 valence electrons. The van der Waals surface area contributed by atoms with Crippen LogP contribution in [0.1, 0.15) is 17.2 Å². The number of aliphatic carboxylic acids is 4. The van der Waals surface area contributed by atoms with Gasteiger partial charge in [0.25, 0.3) is 0 Å². The predicted molar refractivity (Wildman–Crippen MR) is 157 cm³/mol. The number of hydrogen-bond acceptors (Lipinski definition) is 8. The first-order chi connectivity index (χ1) is 20.0. The maximum Gasteiger partial charge on any atom is 0.328 e. The number of carboxylic acid groups (broad SMARTS) is 4. The zero-order valence-corrected chi connectivity index (χ0v) is 24.5. The summed E-state index contributed by atoms with van der Waals surface area (Å²) in [7, 11) is 1.78. The predicted octanol–water partition coefficient (Wildman–Crippen LogP) is 3.78. The standard InChI is InChI=1S/C21H25ClN2OS.2C4H4O4/c1-25-13-12-23-8-10-24(11-9-23)19-15-16-14-17(22)6-7-20(16)26-21-5-3-2-4-18(19)21;2*5-3(6)1-2-4(7)8/h2-7,14,19H,8-13,15H2,1H3;2*1-2H,(H,5,6)(H,7,8)/b;2*2-1-. The van der Waals surface area contributed by atoms with Gasteiger partial charge in [0.2, 0.25) is 0 Å². The number of hydrogen-bond donors (Lipinski definition) is 4. The third-order valence-electron chi connectivity index (χ3n) is 6.13. The zero-order chi connectivity index (χ0) is 31.1. The number of carboxylic acids is 4. The second-order valence-corrected chi connectivity index (χ2v) is 10.5. The van der Waals surface area contributed by atoms with Crippen molar-refractivity contribution < 1.29 is 44.3 Å². The second kappa shape index (κ2) is 18.0. The van der Waals surface area contributed by atoms with Gasteiger partial charge in [0, 0.05) is 85.0 Å². The molecule has 2 aromatic rings. The Morgan fingerprint density at radius 3 is 1.93 bits per heavy atom. The van der Waals surface area contributed by atoms with E-state index >= 15 is 0 Å². The molecule has 1 fully saturated rings. The van der Waals surface area contributed by atoms with E-state index < -0.39 is 23.9 Å². The lowest BCUT2D eigenvalue weighted by atomic mass is 9.96. The van der Waals surface area contributed by atoms with Crippen LogP contribution in [0.4, 0.5) is 0 Å². The van der Waals surface area contributed by atoms with Crippen LogP contribution in [-0.2, 0) is 30.3 Å². The molecule has 0 amide bonds. The fourth-order valence-electron chi connectivity index (χ4n) is 4.22. The van der Waals surface area contributed by atoms with Gasteiger partial charge in [-0.25, -0.2) is 19.2 Å². The highest BCUT2D eigenvalue weighted by atomic mass is 35.5. The van der Waals surface area contributed by atoms with Crippen LogP contribution >= 0.6 is 23.4 Å². The van der Waals surface area contributed by atoms with Gasteiger partial charge in [0.15, 0.2) is 0 Å². The Morgan fingerprint density at radius 1 is 0.857 bits per heavy atom. The molecule has 0 aliphatic carbocycles. The number of nitrogens with zero attached hydrogens (tertiary/aromatic N) is 2. The Bertz CT molecular complexity index is 1230. The summed E-state index contributed by atoms with van der Waals surface area (Å²) < 4.78 is 5.23. The summed E-state index contributed by atoms with van der Waals surface area (Å²) in [5, 5.41) is 32.1. The molecule has 2 aliphatic heterocycles. The molecule has 11 nitrogen and oxygen atoms in total. The van der Waals surface area contributed by atoms with E-state index in [-0.39, 0.29) is 0 Å². The topological polar surface area (TPSA) is 165 Å². The maximum absolute atomic E-state index is 9.55. The van der Waals surface area contributed by atoms with Gasteiger partial charge in [-0.15, -0.1) is 0 Å². The Kier molecular flexibility index (Phi) is 14.8. The van der Waals surface area contributed by atoms with Crippen LogP contribution in [0.25, 0.3) is 0 Å². The summed E-state index contributed by atoms with van der Waals surface area (Å²) in [5.74, 6) is -5.03. The van der Waals surface area contributed by atoms with Gasteiger partial charge in [-0.2, -0.15) is 0 Å². The van der Waals surface area contributed by atoms with Crippen molar-refractivity contribution >= 4 is 47.2 Å². The Morgan fingerprint density at radius 2 is 1.40 bits per heavy atom. The van der Waals surface area contributed by atoms with Gasteiger partial charge in [-0.1, -0.05) is 41.6 Å². The summed E-state index contributed by atoms with van der Waals surface area (Å²) in [4.78, 5) is 46.1. The normalized spacial score (nSPS) is 16.7. The lowest BCUT2D eigenvalue weighted by molar-refractivity contribution is -0.134. The Labute approximate surface area is 252 Å². The van der Waals surface area contributed by atoms with Crippen molar-refractivity contribution in [3.8, 4) is 0 Å². The lowest BCUT2D eigenvalue weighted by Crippen LogP contribution is -2.48. The van der Waals surface area contributed by atoms with E-state index in [1.165, 1.54) is 20.9 Å². The highest BCUT2D eigenvalue weighted by Crippen LogP contribution is 2.43. The van der Waals surface area contributed by atoms with Gasteiger partial charge >= 0.3 is 23.9 Å². The molecule has 2 aromatic carbocycles. The molecule has 2 heterocycles. The first-order valence-corrected chi connectivity index (χ1v) is 14.0. The maximum atomic E-state index is 9.55. The van der Waals surface area contributed by atoms with Gasteiger partial charge in [-0.3, -0.25) is 9.80 Å². The average molecular weight is 621 g/mol. The molecule has 0 aromatic heterocycles. The molecule has 0 saturated carbocycles. The monoisotopic (exact) mass is 620 g/mol. The van der Waals surface area contributed by atoms with Crippen molar-refractivity contribution in [2.75, 3.05) is 46.4 Å². The Balaban J connectivity index is 0.000000319. The zero-order valence-electron chi connectivity index (χ0n) is 22.9. The minimum atomic E-state index is -1.26. The van der Waals surface area contributed by atoms with Crippen molar-refractivity contribution in [3.05, 3.63) is 82.9 Å². The number of rotatable bonds is 8. The van der Waals surface area contributed by atoms with E-state index in [1.807, 2.05) is 17.8 Å². The van der Waals surface area contributed by atoms with E-state index in [2.05, 4.69) is 46.2 Å². The molecule has 4 N–H and O–H groups in total. The summed E-state index contributed by atoms with van der Waals surface area (Å²) in [6, 6.07) is 15.6. The van der Waals surface area contributed by atoms with E-state index in [1.54, 1.807) is 7.11 Å². The quantitative estimate of drug-likeness (QED) is 0.316. The smallest absolute Gasteiger partial charge is 0.328 e. The first kappa shape index (κ1) is 34.5. The number of halogens is 1. The van der Waals surface area contributed by atoms with Gasteiger partial charge in [0.05, 0.1) is 6.61 Å². The van der Waals surface area contributed by atoms with Crippen LogP contribution in [0.2, 0.25) is 5.02 Å². The molecule has 4 rings (SSSR count). The van der Waals surface area contributed by atoms with Crippen LogP contribution in [0.3, 0.4) is 0 Å². The van der Waals surface area contributed by atoms with E-state index in [4.69, 9.17) is 36.8 Å². The van der Waals surface area contributed by atoms with Crippen molar-refractivity contribution in [3.63, 3.8) is 0 Å². The number of carbonyl (C=O) groups is 4. The van der Waals surface area contributed by atoms with E-state index in [9.17, 15) is 19.2 Å². The van der Waals surface area contributed by atoms with Crippen molar-refractivity contribution in [2.45, 2.75) is 22.3 Å². The molecule has 1 saturated heterocycles. The molecule has 1 unspecified atom stereocenters. The summed E-state index contributed by atoms with van der Waals surface area (Å²) in [5.41, 5.74) is 2.82. The minimum Gasteiger partial charge on any atom is -0.478 e. The Hall–Kier alpha value is -3.68. The van der Waals surface area contributed by atoms with Crippen LogP contribution in [0, 0.1) is 0 Å². The molecule has 1 atom stereocenters. The summed E-state index contributed by atoms with van der Waals surface area (Å²) >= 11 is 8.18. The number of benzene rings is 2. The highest BCUT2D eigenvalue weighted by molar-refractivity contribution is 7.99. The van der Waals surface area contributed by atoms with Gasteiger partial charge in [-0.05, 0) is 41.8 Å². The number of fused-ring (bicyclic) bond motifs is 2. The molecule has 42 heavy (non-hydrogen) atoms. The molecule has 13 heteroatoms. The van der Waals surface area contributed by atoms with Crippen LogP contribution in [0.15, 0.2) is 76.6 Å². The first-order valence-electron chi connectivity index (χ1n) is 12.8. The summed E-state index contributed by atoms with van der Waals surface area (Å²) in [6.45, 7) is 6.26. The van der Waals surface area contributed by atoms with E-state index in [0.29, 0.717) is 30.3 Å². The molecule has 2 aliphatic rings. The number of piperazine rings is 1. The van der Waals surface area contributed by atoms with Crippen molar-refractivity contribution in [1.82, 2.24) is 9.80 Å². The largest absolute Gasteiger partial charge is 0.478 e. The minimum absolute atomic E-state index is 0.419. The SMILES string of the molecule is COCCN1CCN(C2Cc3cc(Cl)ccc3Sc3ccccc32)CC1.O=C(O)/C=C\C(=O)O.O=C(O)/C=C\C(=O)O. The van der Waals surface area contributed by atoms with Crippen molar-refractivity contribution in [1.29, 1.82) is 0 Å². The van der Waals surface area contributed by atoms with Gasteiger partial charge in [0.1, 0.15) is 0 Å². The fraction of sp³-hybridized carbons (Fsp3) is 0.310. The molecular formula is C29H33ClN2O9S. The molecule has 0 bridgehead atoms. The van der Waals surface area contributed by atoms with Crippen LogP contribution in [-0.4, -0.2) is 101 Å². The van der Waals surface area contributed by atoms with Crippen molar-refractivity contribution in [2.24, 2.45) is 0 Å². The number of ether oxygens (including phenoxy) is 1. The van der Waals surface area contributed by atoms with Crippen LogP contribution in [0.5, 0.6) is 0 Å². The lowest BCUT2D eigenvalue weighted by Gasteiger charge is -2.39. The van der Waals surface area contributed by atoms with Crippen LogP contribution < -0.4 is 0 Å². The van der Waals surface area contributed by atoms with E-state index in [0.717, 1.165) is 50.8 Å². The molecule has 0 radical (unpaired) electrons. The second-order valence-electron chi connectivity index (χ2n) is 9.00. The third-order valence-corrected chi connectivity index (χ3v) is 7.57. The third kappa shape index (κ3) is 12.5. The average Bonchev–Trinajstić information content (AvgIpc) is 3.11. The molecular weight excluding hydrogens is 588 g/mol. The molecule has 0 spiro atoms.